The molecule has 8 heteroatoms. The zero-order valence-electron chi connectivity index (χ0n) is 17.9. The van der Waals surface area contributed by atoms with E-state index in [0.29, 0.717) is 33.5 Å². The van der Waals surface area contributed by atoms with Crippen molar-refractivity contribution in [3.8, 4) is 6.07 Å². The number of thioether (sulfide) groups is 1. The molecule has 0 unspecified atom stereocenters. The fourth-order valence-electron chi connectivity index (χ4n) is 4.33. The summed E-state index contributed by atoms with van der Waals surface area (Å²) in [6.45, 7) is 3.94. The van der Waals surface area contributed by atoms with Gasteiger partial charge in [-0.2, -0.15) is 5.26 Å². The molecule has 160 valence electrons. The Hall–Kier alpha value is -3.05. The number of para-hydroxylation sites is 1. The van der Waals surface area contributed by atoms with Crippen molar-refractivity contribution in [1.29, 1.82) is 5.26 Å². The van der Waals surface area contributed by atoms with Gasteiger partial charge >= 0.3 is 0 Å². The summed E-state index contributed by atoms with van der Waals surface area (Å²) in [5.41, 5.74) is 2.95. The molecule has 1 saturated carbocycles. The molecule has 2 heterocycles. The highest BCUT2D eigenvalue weighted by Gasteiger charge is 2.26. The Bertz CT molecular complexity index is 1260. The third-order valence-corrected chi connectivity index (χ3v) is 7.12. The minimum absolute atomic E-state index is 0.0947. The second-order valence-corrected chi connectivity index (χ2v) is 8.91. The quantitative estimate of drug-likeness (QED) is 0.482. The van der Waals surface area contributed by atoms with Crippen molar-refractivity contribution >= 4 is 34.4 Å². The van der Waals surface area contributed by atoms with Gasteiger partial charge in [-0.05, 0) is 44.4 Å². The first kappa shape index (κ1) is 21.2. The van der Waals surface area contributed by atoms with E-state index in [-0.39, 0.29) is 17.2 Å². The van der Waals surface area contributed by atoms with Crippen molar-refractivity contribution in [3.63, 3.8) is 0 Å². The predicted octanol–water partition coefficient (Wildman–Crippen LogP) is 4.07. The zero-order valence-corrected chi connectivity index (χ0v) is 18.8. The van der Waals surface area contributed by atoms with Crippen molar-refractivity contribution in [2.24, 2.45) is 7.05 Å². The number of carbonyl (C=O) groups excluding carboxylic acids is 1. The summed E-state index contributed by atoms with van der Waals surface area (Å²) in [6.07, 6.45) is 4.43. The van der Waals surface area contributed by atoms with Crippen molar-refractivity contribution < 1.29 is 4.79 Å². The molecule has 4 rings (SSSR count). The maximum atomic E-state index is 12.8. The highest BCUT2D eigenvalue weighted by Crippen LogP contribution is 2.37. The predicted molar refractivity (Wildman–Crippen MR) is 122 cm³/mol. The van der Waals surface area contributed by atoms with E-state index in [1.807, 2.05) is 26.0 Å². The summed E-state index contributed by atoms with van der Waals surface area (Å²) in [5.74, 6) is 0.466. The molecule has 1 aliphatic carbocycles. The lowest BCUT2D eigenvalue weighted by Crippen LogP contribution is -2.22. The standard InChI is InChI=1S/C23H25N5O2S/c1-14-15(2)28(16-8-4-5-9-16)21(18(14)12-24)26-20(29)13-31-23-25-19-11-7-6-10-17(19)22(30)27(23)3/h6-7,10-11,16H,4-5,8-9,13H2,1-3H3,(H,26,29). The molecule has 1 aliphatic rings. The van der Waals surface area contributed by atoms with Crippen LogP contribution in [-0.2, 0) is 11.8 Å². The van der Waals surface area contributed by atoms with E-state index < -0.39 is 0 Å². The Kier molecular flexibility index (Phi) is 5.88. The number of nitriles is 1. The van der Waals surface area contributed by atoms with Gasteiger partial charge in [-0.25, -0.2) is 4.98 Å². The molecule has 0 spiro atoms. The van der Waals surface area contributed by atoms with Crippen LogP contribution in [0.3, 0.4) is 0 Å². The molecule has 1 fully saturated rings. The average molecular weight is 436 g/mol. The van der Waals surface area contributed by atoms with Gasteiger partial charge in [0.1, 0.15) is 11.9 Å². The van der Waals surface area contributed by atoms with Crippen molar-refractivity contribution in [3.05, 3.63) is 51.4 Å². The zero-order chi connectivity index (χ0) is 22.1. The van der Waals surface area contributed by atoms with E-state index in [4.69, 9.17) is 0 Å². The molecule has 1 amide bonds. The number of rotatable bonds is 5. The van der Waals surface area contributed by atoms with Crippen LogP contribution in [0.15, 0.2) is 34.2 Å². The van der Waals surface area contributed by atoms with Gasteiger partial charge in [0.05, 0.1) is 22.2 Å². The van der Waals surface area contributed by atoms with Crippen LogP contribution in [0.2, 0.25) is 0 Å². The van der Waals surface area contributed by atoms with E-state index in [1.54, 1.807) is 19.2 Å². The number of hydrogen-bond donors (Lipinski definition) is 1. The van der Waals surface area contributed by atoms with Gasteiger partial charge in [0.15, 0.2) is 5.16 Å². The van der Waals surface area contributed by atoms with E-state index in [2.05, 4.69) is 20.9 Å². The smallest absolute Gasteiger partial charge is 0.261 e. The van der Waals surface area contributed by atoms with E-state index in [1.165, 1.54) is 16.3 Å². The Morgan fingerprint density at radius 3 is 2.71 bits per heavy atom. The van der Waals surface area contributed by atoms with Crippen molar-refractivity contribution in [2.75, 3.05) is 11.1 Å². The molecule has 1 N–H and O–H groups in total. The normalized spacial score (nSPS) is 14.1. The number of amides is 1. The largest absolute Gasteiger partial charge is 0.327 e. The van der Waals surface area contributed by atoms with Crippen LogP contribution in [0.4, 0.5) is 5.82 Å². The minimum Gasteiger partial charge on any atom is -0.327 e. The van der Waals surface area contributed by atoms with Gasteiger partial charge in [0.25, 0.3) is 5.56 Å². The maximum absolute atomic E-state index is 12.8. The lowest BCUT2D eigenvalue weighted by atomic mass is 10.2. The van der Waals surface area contributed by atoms with Gasteiger partial charge in [-0.1, -0.05) is 36.7 Å². The first-order chi connectivity index (χ1) is 14.9. The summed E-state index contributed by atoms with van der Waals surface area (Å²) < 4.78 is 3.60. The van der Waals surface area contributed by atoms with E-state index in [0.717, 1.165) is 36.9 Å². The second kappa shape index (κ2) is 8.60. The number of benzene rings is 1. The minimum atomic E-state index is -0.222. The first-order valence-electron chi connectivity index (χ1n) is 10.4. The number of hydrogen-bond acceptors (Lipinski definition) is 5. The van der Waals surface area contributed by atoms with Gasteiger partial charge in [-0.15, -0.1) is 0 Å². The highest BCUT2D eigenvalue weighted by molar-refractivity contribution is 7.99. The molecule has 0 atom stereocenters. The Morgan fingerprint density at radius 1 is 1.29 bits per heavy atom. The third-order valence-electron chi connectivity index (χ3n) is 6.09. The van der Waals surface area contributed by atoms with Crippen LogP contribution in [0.25, 0.3) is 10.9 Å². The van der Waals surface area contributed by atoms with Crippen LogP contribution in [-0.4, -0.2) is 25.8 Å². The van der Waals surface area contributed by atoms with Crippen LogP contribution >= 0.6 is 11.8 Å². The van der Waals surface area contributed by atoms with Crippen LogP contribution in [0, 0.1) is 25.2 Å². The lowest BCUT2D eigenvalue weighted by molar-refractivity contribution is -0.113. The summed E-state index contributed by atoms with van der Waals surface area (Å²) in [5, 5.41) is 13.7. The Morgan fingerprint density at radius 2 is 2.00 bits per heavy atom. The average Bonchev–Trinajstić information content (AvgIpc) is 3.36. The Labute approximate surface area is 185 Å². The number of aromatic nitrogens is 3. The second-order valence-electron chi connectivity index (χ2n) is 7.97. The molecule has 3 aromatic rings. The van der Waals surface area contributed by atoms with Crippen LogP contribution < -0.4 is 10.9 Å². The molecule has 0 radical (unpaired) electrons. The lowest BCUT2D eigenvalue weighted by Gasteiger charge is -2.19. The topological polar surface area (TPSA) is 92.7 Å². The van der Waals surface area contributed by atoms with E-state index in [9.17, 15) is 14.9 Å². The van der Waals surface area contributed by atoms with E-state index >= 15 is 0 Å². The molecule has 1 aromatic carbocycles. The molecule has 7 nitrogen and oxygen atoms in total. The number of fused-ring (bicyclic) bond motifs is 1. The van der Waals surface area contributed by atoms with Gasteiger partial charge < -0.3 is 9.88 Å². The number of anilines is 1. The highest BCUT2D eigenvalue weighted by atomic mass is 32.2. The third kappa shape index (κ3) is 3.86. The Balaban J connectivity index is 1.57. The fraction of sp³-hybridized carbons (Fsp3) is 0.391. The maximum Gasteiger partial charge on any atom is 0.261 e. The number of nitrogens with zero attached hydrogens (tertiary/aromatic N) is 4. The molecule has 0 bridgehead atoms. The van der Waals surface area contributed by atoms with Gasteiger partial charge in [0.2, 0.25) is 5.91 Å². The van der Waals surface area contributed by atoms with Gasteiger partial charge in [0, 0.05) is 18.8 Å². The molecule has 0 saturated heterocycles. The monoisotopic (exact) mass is 435 g/mol. The van der Waals surface area contributed by atoms with Crippen LogP contribution in [0.5, 0.6) is 0 Å². The van der Waals surface area contributed by atoms with Crippen LogP contribution in [0.1, 0.15) is 48.5 Å². The number of carbonyl (C=O) groups is 1. The molecule has 31 heavy (non-hydrogen) atoms. The summed E-state index contributed by atoms with van der Waals surface area (Å²) in [7, 11) is 1.66. The fourth-order valence-corrected chi connectivity index (χ4v) is 5.10. The molecule has 2 aromatic heterocycles. The summed E-state index contributed by atoms with van der Waals surface area (Å²) in [4.78, 5) is 29.9. The molecule has 0 aliphatic heterocycles. The summed E-state index contributed by atoms with van der Waals surface area (Å²) in [6, 6.07) is 9.76. The first-order valence-corrected chi connectivity index (χ1v) is 11.4. The molecular weight excluding hydrogens is 410 g/mol. The van der Waals surface area contributed by atoms with Crippen molar-refractivity contribution in [1.82, 2.24) is 14.1 Å². The molecular formula is C23H25N5O2S. The summed E-state index contributed by atoms with van der Waals surface area (Å²) >= 11 is 1.21. The van der Waals surface area contributed by atoms with Crippen molar-refractivity contribution in [2.45, 2.75) is 50.7 Å². The van der Waals surface area contributed by atoms with Gasteiger partial charge in [-0.3, -0.25) is 14.2 Å². The SMILES string of the molecule is Cc1c(C#N)c(NC(=O)CSc2nc3ccccc3c(=O)n2C)n(C2CCCC2)c1C. The number of nitrogens with one attached hydrogen (secondary N) is 1.